The minimum atomic E-state index is -1.60. The topological polar surface area (TPSA) is 132 Å². The van der Waals surface area contributed by atoms with Gasteiger partial charge in [0.1, 0.15) is 24.4 Å². The van der Waals surface area contributed by atoms with E-state index in [4.69, 9.17) is 14.6 Å². The van der Waals surface area contributed by atoms with Crippen molar-refractivity contribution in [1.29, 1.82) is 0 Å². The first kappa shape index (κ1) is 16.9. The summed E-state index contributed by atoms with van der Waals surface area (Å²) in [5.74, 6) is -0.675. The first-order valence-corrected chi connectivity index (χ1v) is 7.56. The number of hydrogen-bond donors (Lipinski definition) is 5. The molecule has 8 heteroatoms. The van der Waals surface area contributed by atoms with Gasteiger partial charge in [0.2, 0.25) is 6.29 Å². The van der Waals surface area contributed by atoms with Crippen LogP contribution in [0.3, 0.4) is 0 Å². The molecule has 1 aromatic carbocycles. The summed E-state index contributed by atoms with van der Waals surface area (Å²) in [5.41, 5.74) is 1.51. The number of aromatic amines is 1. The van der Waals surface area contributed by atoms with Crippen LogP contribution >= 0.6 is 0 Å². The van der Waals surface area contributed by atoms with Gasteiger partial charge in [-0.1, -0.05) is 18.2 Å². The van der Waals surface area contributed by atoms with Crippen molar-refractivity contribution in [3.63, 3.8) is 0 Å². The minimum absolute atomic E-state index is 0.0797. The van der Waals surface area contributed by atoms with Crippen molar-refractivity contribution in [2.45, 2.75) is 37.1 Å². The lowest BCUT2D eigenvalue weighted by atomic mass is 9.99. The maximum absolute atomic E-state index is 12.0. The van der Waals surface area contributed by atoms with Gasteiger partial charge in [-0.3, -0.25) is 4.79 Å². The fraction of sp³-hybridized carbons (Fsp3) is 0.438. The van der Waals surface area contributed by atoms with Crippen molar-refractivity contribution in [1.82, 2.24) is 4.98 Å². The Morgan fingerprint density at radius 2 is 1.92 bits per heavy atom. The van der Waals surface area contributed by atoms with Crippen LogP contribution in [0.1, 0.15) is 5.69 Å². The van der Waals surface area contributed by atoms with Crippen LogP contribution < -0.4 is 0 Å². The Balaban J connectivity index is 1.65. The normalized spacial score (nSPS) is 30.4. The molecule has 1 aromatic heterocycles. The third kappa shape index (κ3) is 3.28. The second-order valence-electron chi connectivity index (χ2n) is 5.75. The molecule has 0 bridgehead atoms. The maximum Gasteiger partial charge on any atom is 0.314 e. The molecule has 3 rings (SSSR count). The smallest absolute Gasteiger partial charge is 0.314 e. The molecule has 0 amide bonds. The predicted octanol–water partition coefficient (Wildman–Crippen LogP) is -0.947. The van der Waals surface area contributed by atoms with Crippen molar-refractivity contribution in [2.75, 3.05) is 6.61 Å². The number of aliphatic hydroxyl groups excluding tert-OH is 4. The summed E-state index contributed by atoms with van der Waals surface area (Å²) in [6.45, 7) is -0.582. The zero-order valence-electron chi connectivity index (χ0n) is 12.7. The van der Waals surface area contributed by atoms with Crippen molar-refractivity contribution < 1.29 is 34.7 Å². The van der Waals surface area contributed by atoms with Gasteiger partial charge in [-0.25, -0.2) is 0 Å². The highest BCUT2D eigenvalue weighted by molar-refractivity contribution is 5.82. The SMILES string of the molecule is O=C(Cc1cc2ccccc2[nH]1)OC1O[C@H](CO)[C@@H](O)[C@H](O)[C@H]1O. The summed E-state index contributed by atoms with van der Waals surface area (Å²) in [6.07, 6.45) is -7.33. The number of benzene rings is 1. The Bertz CT molecular complexity index is 680. The van der Waals surface area contributed by atoms with E-state index in [1.807, 2.05) is 30.3 Å². The number of esters is 1. The number of aromatic nitrogens is 1. The predicted molar refractivity (Wildman–Crippen MR) is 81.9 cm³/mol. The number of H-pyrrole nitrogens is 1. The molecule has 0 aliphatic carbocycles. The van der Waals surface area contributed by atoms with Crippen LogP contribution in [0.25, 0.3) is 10.9 Å². The van der Waals surface area contributed by atoms with Crippen LogP contribution in [-0.4, -0.2) is 68.7 Å². The quantitative estimate of drug-likeness (QED) is 0.455. The molecule has 1 unspecified atom stereocenters. The average Bonchev–Trinajstić information content (AvgIpc) is 2.97. The van der Waals surface area contributed by atoms with Crippen LogP contribution in [0.15, 0.2) is 30.3 Å². The van der Waals surface area contributed by atoms with Gasteiger partial charge in [-0.2, -0.15) is 0 Å². The Morgan fingerprint density at radius 3 is 2.62 bits per heavy atom. The van der Waals surface area contributed by atoms with E-state index in [-0.39, 0.29) is 6.42 Å². The van der Waals surface area contributed by atoms with E-state index in [1.54, 1.807) is 0 Å². The number of nitrogens with one attached hydrogen (secondary N) is 1. The van der Waals surface area contributed by atoms with Gasteiger partial charge in [0.25, 0.3) is 0 Å². The van der Waals surface area contributed by atoms with E-state index in [2.05, 4.69) is 4.98 Å². The summed E-state index contributed by atoms with van der Waals surface area (Å²) >= 11 is 0. The van der Waals surface area contributed by atoms with Crippen molar-refractivity contribution in [3.05, 3.63) is 36.0 Å². The molecule has 0 saturated carbocycles. The van der Waals surface area contributed by atoms with Crippen LogP contribution in [0.4, 0.5) is 0 Å². The zero-order valence-corrected chi connectivity index (χ0v) is 12.7. The third-order valence-electron chi connectivity index (χ3n) is 4.02. The van der Waals surface area contributed by atoms with Gasteiger partial charge >= 0.3 is 5.97 Å². The van der Waals surface area contributed by atoms with Gasteiger partial charge in [0, 0.05) is 11.2 Å². The molecule has 2 aromatic rings. The maximum atomic E-state index is 12.0. The molecule has 0 spiro atoms. The van der Waals surface area contributed by atoms with Gasteiger partial charge in [-0.15, -0.1) is 0 Å². The molecule has 24 heavy (non-hydrogen) atoms. The highest BCUT2D eigenvalue weighted by atomic mass is 16.7. The van der Waals surface area contributed by atoms with Gasteiger partial charge in [0.05, 0.1) is 13.0 Å². The van der Waals surface area contributed by atoms with Crippen molar-refractivity contribution in [3.8, 4) is 0 Å². The first-order chi connectivity index (χ1) is 11.5. The lowest BCUT2D eigenvalue weighted by molar-refractivity contribution is -0.292. The largest absolute Gasteiger partial charge is 0.432 e. The highest BCUT2D eigenvalue weighted by Crippen LogP contribution is 2.22. The highest BCUT2D eigenvalue weighted by Gasteiger charge is 2.45. The molecule has 1 aliphatic heterocycles. The molecular weight excluding hydrogens is 318 g/mol. The molecule has 5 atom stereocenters. The number of fused-ring (bicyclic) bond motifs is 1. The molecule has 130 valence electrons. The number of ether oxygens (including phenoxy) is 2. The average molecular weight is 337 g/mol. The van der Waals surface area contributed by atoms with E-state index in [1.165, 1.54) is 0 Å². The molecule has 0 radical (unpaired) electrons. The monoisotopic (exact) mass is 337 g/mol. The minimum Gasteiger partial charge on any atom is -0.432 e. The van der Waals surface area contributed by atoms with Gasteiger partial charge in [0.15, 0.2) is 0 Å². The van der Waals surface area contributed by atoms with Crippen LogP contribution in [0, 0.1) is 0 Å². The van der Waals surface area contributed by atoms with E-state index in [0.29, 0.717) is 5.69 Å². The van der Waals surface area contributed by atoms with Crippen LogP contribution in [0.2, 0.25) is 0 Å². The zero-order chi connectivity index (χ0) is 17.3. The van der Waals surface area contributed by atoms with E-state index >= 15 is 0 Å². The van der Waals surface area contributed by atoms with E-state index < -0.39 is 43.3 Å². The third-order valence-corrected chi connectivity index (χ3v) is 4.02. The lowest BCUT2D eigenvalue weighted by Crippen LogP contribution is -2.59. The summed E-state index contributed by atoms with van der Waals surface area (Å²) in [4.78, 5) is 15.1. The van der Waals surface area contributed by atoms with E-state index in [9.17, 15) is 20.1 Å². The second kappa shape index (κ2) is 6.88. The number of aliphatic hydroxyl groups is 4. The standard InChI is InChI=1S/C16H19NO7/c18-7-11-13(20)14(21)15(22)16(23-11)24-12(19)6-9-5-8-3-1-2-4-10(8)17-9/h1-5,11,13-18,20-22H,6-7H2/t11-,13-,14+,15-,16?/m1/s1. The number of hydrogen-bond acceptors (Lipinski definition) is 7. The molecule has 8 nitrogen and oxygen atoms in total. The summed E-state index contributed by atoms with van der Waals surface area (Å²) in [5, 5.41) is 39.3. The van der Waals surface area contributed by atoms with Crippen molar-refractivity contribution in [2.24, 2.45) is 0 Å². The van der Waals surface area contributed by atoms with Crippen LogP contribution in [0.5, 0.6) is 0 Å². The van der Waals surface area contributed by atoms with Crippen LogP contribution in [-0.2, 0) is 20.7 Å². The summed E-state index contributed by atoms with van der Waals surface area (Å²) in [6, 6.07) is 9.34. The van der Waals surface area contributed by atoms with Gasteiger partial charge < -0.3 is 34.9 Å². The number of rotatable bonds is 4. The fourth-order valence-corrected chi connectivity index (χ4v) is 2.72. The molecule has 1 fully saturated rings. The molecule has 1 saturated heterocycles. The van der Waals surface area contributed by atoms with E-state index in [0.717, 1.165) is 10.9 Å². The Hall–Kier alpha value is -1.97. The number of carbonyl (C=O) groups is 1. The Kier molecular flexibility index (Phi) is 4.83. The number of para-hydroxylation sites is 1. The molecule has 2 heterocycles. The summed E-state index contributed by atoms with van der Waals surface area (Å²) in [7, 11) is 0. The number of carbonyl (C=O) groups excluding carboxylic acids is 1. The Labute approximate surface area is 137 Å². The second-order valence-corrected chi connectivity index (χ2v) is 5.75. The molecule has 1 aliphatic rings. The molecule has 5 N–H and O–H groups in total. The fourth-order valence-electron chi connectivity index (χ4n) is 2.72. The lowest BCUT2D eigenvalue weighted by Gasteiger charge is -2.39. The summed E-state index contributed by atoms with van der Waals surface area (Å²) < 4.78 is 10.2. The first-order valence-electron chi connectivity index (χ1n) is 7.56. The molecular formula is C16H19NO7. The Morgan fingerprint density at radius 1 is 1.17 bits per heavy atom. The van der Waals surface area contributed by atoms with Crippen molar-refractivity contribution >= 4 is 16.9 Å². The van der Waals surface area contributed by atoms with Gasteiger partial charge in [-0.05, 0) is 17.5 Å².